The number of carbonyl (C=O) groups excluding carboxylic acids is 1. The standard InChI is InChI=1S/C24H33N5O/c1-19-8-3-4-10-21(19)28-14-16-29(17-15-28)23-20(9-7-12-25-23)18-26-24(30)22-11-5-6-13-27(22)2/h3-4,7-10,12,22H,5-6,11,13-18H2,1-2H3,(H,26,30). The minimum atomic E-state index is -0.00321. The Labute approximate surface area is 179 Å². The van der Waals surface area contributed by atoms with Crippen molar-refractivity contribution < 1.29 is 4.79 Å². The molecule has 6 nitrogen and oxygen atoms in total. The number of piperazine rings is 1. The number of pyridine rings is 1. The summed E-state index contributed by atoms with van der Waals surface area (Å²) in [6.07, 6.45) is 5.11. The summed E-state index contributed by atoms with van der Waals surface area (Å²) in [5.41, 5.74) is 3.73. The Hall–Kier alpha value is -2.60. The van der Waals surface area contributed by atoms with Crippen molar-refractivity contribution in [3.63, 3.8) is 0 Å². The van der Waals surface area contributed by atoms with Gasteiger partial charge in [-0.25, -0.2) is 4.98 Å². The van der Waals surface area contributed by atoms with Crippen molar-refractivity contribution >= 4 is 17.4 Å². The molecule has 2 aromatic rings. The van der Waals surface area contributed by atoms with Gasteiger partial charge in [0.05, 0.1) is 6.04 Å². The number of aryl methyl sites for hydroxylation is 1. The summed E-state index contributed by atoms with van der Waals surface area (Å²) in [5, 5.41) is 3.16. The Morgan fingerprint density at radius 1 is 1.03 bits per heavy atom. The van der Waals surface area contributed by atoms with E-state index in [2.05, 4.69) is 62.3 Å². The van der Waals surface area contributed by atoms with Crippen LogP contribution in [0.4, 0.5) is 11.5 Å². The average molecular weight is 408 g/mol. The highest BCUT2D eigenvalue weighted by atomic mass is 16.2. The molecule has 2 saturated heterocycles. The van der Waals surface area contributed by atoms with Crippen LogP contribution < -0.4 is 15.1 Å². The van der Waals surface area contributed by atoms with Crippen molar-refractivity contribution in [2.45, 2.75) is 38.8 Å². The summed E-state index contributed by atoms with van der Waals surface area (Å²) in [4.78, 5) is 24.4. The molecule has 0 bridgehead atoms. The molecule has 2 aliphatic heterocycles. The average Bonchev–Trinajstić information content (AvgIpc) is 2.78. The van der Waals surface area contributed by atoms with Gasteiger partial charge in [-0.1, -0.05) is 30.7 Å². The third-order valence-electron chi connectivity index (χ3n) is 6.43. The van der Waals surface area contributed by atoms with E-state index >= 15 is 0 Å². The maximum Gasteiger partial charge on any atom is 0.237 e. The quantitative estimate of drug-likeness (QED) is 0.826. The van der Waals surface area contributed by atoms with E-state index in [9.17, 15) is 4.79 Å². The van der Waals surface area contributed by atoms with Gasteiger partial charge < -0.3 is 15.1 Å². The second kappa shape index (κ2) is 9.47. The Bertz CT molecular complexity index is 862. The molecule has 4 rings (SSSR count). The molecule has 0 spiro atoms. The molecule has 30 heavy (non-hydrogen) atoms. The first-order valence-electron chi connectivity index (χ1n) is 11.1. The molecule has 0 saturated carbocycles. The maximum atomic E-state index is 12.7. The van der Waals surface area contributed by atoms with Crippen LogP contribution in [0.3, 0.4) is 0 Å². The number of amides is 1. The molecule has 160 valence electrons. The molecule has 2 aliphatic rings. The summed E-state index contributed by atoms with van der Waals surface area (Å²) in [7, 11) is 2.05. The fourth-order valence-corrected chi connectivity index (χ4v) is 4.64. The molecule has 2 fully saturated rings. The van der Waals surface area contributed by atoms with Gasteiger partial charge in [-0.2, -0.15) is 0 Å². The van der Waals surface area contributed by atoms with Crippen molar-refractivity contribution in [2.75, 3.05) is 49.6 Å². The van der Waals surface area contributed by atoms with Crippen LogP contribution in [0, 0.1) is 6.92 Å². The van der Waals surface area contributed by atoms with Crippen molar-refractivity contribution in [3.8, 4) is 0 Å². The molecule has 6 heteroatoms. The van der Waals surface area contributed by atoms with E-state index in [1.807, 2.05) is 19.3 Å². The molecule has 1 aromatic heterocycles. The second-order valence-electron chi connectivity index (χ2n) is 8.46. The van der Waals surface area contributed by atoms with E-state index in [0.29, 0.717) is 6.54 Å². The number of aromatic nitrogens is 1. The number of nitrogens with one attached hydrogen (secondary N) is 1. The van der Waals surface area contributed by atoms with Crippen LogP contribution in [0.15, 0.2) is 42.6 Å². The first kappa shape index (κ1) is 20.7. The smallest absolute Gasteiger partial charge is 0.237 e. The normalized spacial score (nSPS) is 20.3. The summed E-state index contributed by atoms with van der Waals surface area (Å²) in [6.45, 7) is 7.51. The Morgan fingerprint density at radius 2 is 1.80 bits per heavy atom. The fraction of sp³-hybridized carbons (Fsp3) is 0.500. The SMILES string of the molecule is Cc1ccccc1N1CCN(c2ncccc2CNC(=O)C2CCCCN2C)CC1. The molecular formula is C24H33N5O. The van der Waals surface area contributed by atoms with Crippen LogP contribution in [0.2, 0.25) is 0 Å². The van der Waals surface area contributed by atoms with Crippen molar-refractivity contribution in [3.05, 3.63) is 53.7 Å². The van der Waals surface area contributed by atoms with E-state index in [-0.39, 0.29) is 11.9 Å². The fourth-order valence-electron chi connectivity index (χ4n) is 4.64. The number of carbonyl (C=O) groups is 1. The van der Waals surface area contributed by atoms with E-state index in [0.717, 1.165) is 56.9 Å². The highest BCUT2D eigenvalue weighted by Crippen LogP contribution is 2.24. The summed E-state index contributed by atoms with van der Waals surface area (Å²) in [6, 6.07) is 12.6. The van der Waals surface area contributed by atoms with Gasteiger partial charge >= 0.3 is 0 Å². The van der Waals surface area contributed by atoms with Gasteiger partial charge in [-0.05, 0) is 51.1 Å². The number of likely N-dealkylation sites (tertiary alicyclic amines) is 1. The number of para-hydroxylation sites is 1. The molecule has 1 amide bonds. The molecular weight excluding hydrogens is 374 g/mol. The van der Waals surface area contributed by atoms with E-state index in [4.69, 9.17) is 0 Å². The number of nitrogens with zero attached hydrogens (tertiary/aromatic N) is 4. The lowest BCUT2D eigenvalue weighted by atomic mass is 10.0. The van der Waals surface area contributed by atoms with Crippen LogP contribution in [-0.4, -0.2) is 61.6 Å². The molecule has 1 unspecified atom stereocenters. The number of benzene rings is 1. The maximum absolute atomic E-state index is 12.7. The summed E-state index contributed by atoms with van der Waals surface area (Å²) < 4.78 is 0. The number of anilines is 2. The van der Waals surface area contributed by atoms with Crippen LogP contribution in [-0.2, 0) is 11.3 Å². The van der Waals surface area contributed by atoms with Gasteiger partial charge in [0, 0.05) is 50.2 Å². The number of piperidine rings is 1. The monoisotopic (exact) mass is 407 g/mol. The van der Waals surface area contributed by atoms with Crippen molar-refractivity contribution in [1.82, 2.24) is 15.2 Å². The first-order chi connectivity index (χ1) is 14.6. The summed E-state index contributed by atoms with van der Waals surface area (Å²) >= 11 is 0. The van der Waals surface area contributed by atoms with E-state index in [1.165, 1.54) is 17.7 Å². The van der Waals surface area contributed by atoms with Crippen LogP contribution in [0.5, 0.6) is 0 Å². The highest BCUT2D eigenvalue weighted by molar-refractivity contribution is 5.81. The third kappa shape index (κ3) is 4.59. The number of likely N-dealkylation sites (N-methyl/N-ethyl adjacent to an activating group) is 1. The Kier molecular flexibility index (Phi) is 6.53. The predicted octanol–water partition coefficient (Wildman–Crippen LogP) is 2.82. The van der Waals surface area contributed by atoms with E-state index in [1.54, 1.807) is 0 Å². The number of hydrogen-bond donors (Lipinski definition) is 1. The lowest BCUT2D eigenvalue weighted by Gasteiger charge is -2.38. The Morgan fingerprint density at radius 3 is 2.57 bits per heavy atom. The lowest BCUT2D eigenvalue weighted by molar-refractivity contribution is -0.127. The van der Waals surface area contributed by atoms with Gasteiger partial charge in [-0.15, -0.1) is 0 Å². The summed E-state index contributed by atoms with van der Waals surface area (Å²) in [5.74, 6) is 1.13. The molecule has 1 atom stereocenters. The zero-order valence-corrected chi connectivity index (χ0v) is 18.2. The van der Waals surface area contributed by atoms with Crippen molar-refractivity contribution in [1.29, 1.82) is 0 Å². The molecule has 3 heterocycles. The zero-order valence-electron chi connectivity index (χ0n) is 18.2. The van der Waals surface area contributed by atoms with Gasteiger partial charge in [0.2, 0.25) is 5.91 Å². The number of rotatable bonds is 5. The van der Waals surface area contributed by atoms with Crippen LogP contribution >= 0.6 is 0 Å². The molecule has 0 radical (unpaired) electrons. The van der Waals surface area contributed by atoms with E-state index < -0.39 is 0 Å². The topological polar surface area (TPSA) is 51.7 Å². The van der Waals surface area contributed by atoms with Gasteiger partial charge in [0.1, 0.15) is 5.82 Å². The minimum Gasteiger partial charge on any atom is -0.368 e. The van der Waals surface area contributed by atoms with Crippen molar-refractivity contribution in [2.24, 2.45) is 0 Å². The zero-order chi connectivity index (χ0) is 20.9. The minimum absolute atomic E-state index is 0.00321. The van der Waals surface area contributed by atoms with Gasteiger partial charge in [-0.3, -0.25) is 9.69 Å². The van der Waals surface area contributed by atoms with Crippen LogP contribution in [0.1, 0.15) is 30.4 Å². The molecule has 1 N–H and O–H groups in total. The number of hydrogen-bond acceptors (Lipinski definition) is 5. The van der Waals surface area contributed by atoms with Gasteiger partial charge in [0.25, 0.3) is 0 Å². The Balaban J connectivity index is 1.38. The lowest BCUT2D eigenvalue weighted by Crippen LogP contribution is -2.48. The van der Waals surface area contributed by atoms with Gasteiger partial charge in [0.15, 0.2) is 0 Å². The third-order valence-corrected chi connectivity index (χ3v) is 6.43. The second-order valence-corrected chi connectivity index (χ2v) is 8.46. The predicted molar refractivity (Wildman–Crippen MR) is 122 cm³/mol. The largest absolute Gasteiger partial charge is 0.368 e. The highest BCUT2D eigenvalue weighted by Gasteiger charge is 2.26. The van der Waals surface area contributed by atoms with Crippen LogP contribution in [0.25, 0.3) is 0 Å². The first-order valence-corrected chi connectivity index (χ1v) is 11.1. The molecule has 1 aromatic carbocycles. The molecule has 0 aliphatic carbocycles.